The van der Waals surface area contributed by atoms with E-state index in [2.05, 4.69) is 16.2 Å². The zero-order valence-corrected chi connectivity index (χ0v) is 16.7. The fourth-order valence-corrected chi connectivity index (χ4v) is 2.62. The number of amides is 3. The van der Waals surface area contributed by atoms with Gasteiger partial charge in [0.2, 0.25) is 11.8 Å². The first-order chi connectivity index (χ1) is 13.3. The Kier molecular flexibility index (Phi) is 8.38. The number of anilines is 1. The van der Waals surface area contributed by atoms with E-state index >= 15 is 0 Å². The van der Waals surface area contributed by atoms with Crippen LogP contribution in [0.15, 0.2) is 42.5 Å². The highest BCUT2D eigenvalue weighted by Gasteiger charge is 2.11. The van der Waals surface area contributed by atoms with Gasteiger partial charge in [0, 0.05) is 17.9 Å². The van der Waals surface area contributed by atoms with Gasteiger partial charge in [0.25, 0.3) is 5.91 Å². The Balaban J connectivity index is 1.66. The van der Waals surface area contributed by atoms with Crippen molar-refractivity contribution in [1.29, 1.82) is 0 Å². The van der Waals surface area contributed by atoms with Crippen LogP contribution in [-0.2, 0) is 14.4 Å². The summed E-state index contributed by atoms with van der Waals surface area (Å²) in [6.07, 6.45) is -0.204. The zero-order valence-electron chi connectivity index (χ0n) is 14.4. The first-order valence-corrected chi connectivity index (χ1v) is 9.18. The van der Waals surface area contributed by atoms with Crippen molar-refractivity contribution in [3.63, 3.8) is 0 Å². The van der Waals surface area contributed by atoms with Crippen molar-refractivity contribution >= 4 is 58.2 Å². The topological polar surface area (TPSA) is 96.5 Å². The Bertz CT molecular complexity index is 877. The third kappa shape index (κ3) is 7.26. The van der Waals surface area contributed by atoms with Gasteiger partial charge in [0.05, 0.1) is 15.7 Å². The van der Waals surface area contributed by atoms with E-state index in [1.807, 2.05) is 0 Å². The number of halogens is 3. The van der Waals surface area contributed by atoms with Crippen molar-refractivity contribution in [2.75, 3.05) is 11.9 Å². The van der Waals surface area contributed by atoms with Crippen LogP contribution in [0.2, 0.25) is 15.1 Å². The second-order valence-electron chi connectivity index (χ2n) is 5.49. The summed E-state index contributed by atoms with van der Waals surface area (Å²) in [6.45, 7) is -0.366. The molecule has 2 rings (SSSR count). The molecule has 0 atom stereocenters. The quantitative estimate of drug-likeness (QED) is 0.569. The summed E-state index contributed by atoms with van der Waals surface area (Å²) in [5, 5.41) is 3.69. The van der Waals surface area contributed by atoms with Gasteiger partial charge in [-0.3, -0.25) is 25.2 Å². The van der Waals surface area contributed by atoms with E-state index < -0.39 is 11.8 Å². The third-order valence-corrected chi connectivity index (χ3v) is 4.18. The molecule has 0 bridgehead atoms. The summed E-state index contributed by atoms with van der Waals surface area (Å²) in [7, 11) is 0. The average Bonchev–Trinajstić information content (AvgIpc) is 2.66. The molecule has 0 saturated heterocycles. The van der Waals surface area contributed by atoms with Crippen LogP contribution in [-0.4, -0.2) is 24.3 Å². The predicted octanol–water partition coefficient (Wildman–Crippen LogP) is 3.59. The molecule has 2 aromatic rings. The normalized spacial score (nSPS) is 10.1. The van der Waals surface area contributed by atoms with E-state index in [4.69, 9.17) is 39.5 Å². The van der Waals surface area contributed by atoms with Crippen molar-refractivity contribution in [2.24, 2.45) is 0 Å². The molecule has 2 aromatic carbocycles. The number of hydrazine groups is 1. The summed E-state index contributed by atoms with van der Waals surface area (Å²) in [6, 6.07) is 11.3. The molecule has 3 N–H and O–H groups in total. The van der Waals surface area contributed by atoms with E-state index in [0.29, 0.717) is 15.7 Å². The lowest BCUT2D eigenvalue weighted by Crippen LogP contribution is -2.44. The molecule has 0 unspecified atom stereocenters. The molecule has 0 spiro atoms. The van der Waals surface area contributed by atoms with Gasteiger partial charge in [-0.1, -0.05) is 46.9 Å². The van der Waals surface area contributed by atoms with Crippen molar-refractivity contribution in [1.82, 2.24) is 10.9 Å². The minimum atomic E-state index is -0.597. The van der Waals surface area contributed by atoms with Gasteiger partial charge in [-0.05, 0) is 30.3 Å². The monoisotopic (exact) mass is 443 g/mol. The first-order valence-electron chi connectivity index (χ1n) is 8.05. The molecule has 0 radical (unpaired) electrons. The number of carbonyl (C=O) groups excluding carboxylic acids is 3. The van der Waals surface area contributed by atoms with Gasteiger partial charge in [0.1, 0.15) is 5.75 Å². The van der Waals surface area contributed by atoms with Crippen LogP contribution in [0.25, 0.3) is 0 Å². The SMILES string of the molecule is O=C(CCC(=O)Nc1ccccc1Cl)NNC(=O)COc1ccc(Cl)cc1Cl. The minimum absolute atomic E-state index is 0.0796. The molecule has 28 heavy (non-hydrogen) atoms. The number of hydrogen-bond acceptors (Lipinski definition) is 4. The van der Waals surface area contributed by atoms with Gasteiger partial charge in [-0.15, -0.1) is 0 Å². The fourth-order valence-electron chi connectivity index (χ4n) is 1.98. The largest absolute Gasteiger partial charge is 0.482 e. The summed E-state index contributed by atoms with van der Waals surface area (Å²) in [5.74, 6) is -1.23. The molecule has 0 aliphatic heterocycles. The Morgan fingerprint density at radius 2 is 1.50 bits per heavy atom. The summed E-state index contributed by atoms with van der Waals surface area (Å²) < 4.78 is 5.23. The van der Waals surface area contributed by atoms with E-state index in [-0.39, 0.29) is 36.1 Å². The van der Waals surface area contributed by atoms with Crippen LogP contribution < -0.4 is 20.9 Å². The average molecular weight is 445 g/mol. The van der Waals surface area contributed by atoms with Crippen LogP contribution >= 0.6 is 34.8 Å². The molecular formula is C18H16Cl3N3O4. The predicted molar refractivity (Wildman–Crippen MR) is 108 cm³/mol. The van der Waals surface area contributed by atoms with Crippen molar-refractivity contribution in [3.05, 3.63) is 57.5 Å². The lowest BCUT2D eigenvalue weighted by molar-refractivity contribution is -0.130. The molecule has 148 valence electrons. The maximum absolute atomic E-state index is 11.8. The van der Waals surface area contributed by atoms with Crippen LogP contribution in [0.5, 0.6) is 5.75 Å². The summed E-state index contributed by atoms with van der Waals surface area (Å²) in [5.41, 5.74) is 4.83. The second-order valence-corrected chi connectivity index (χ2v) is 6.74. The van der Waals surface area contributed by atoms with E-state index in [1.54, 1.807) is 30.3 Å². The molecule has 0 heterocycles. The Hall–Kier alpha value is -2.48. The lowest BCUT2D eigenvalue weighted by atomic mass is 10.2. The number of rotatable bonds is 7. The minimum Gasteiger partial charge on any atom is -0.482 e. The molecule has 0 aliphatic rings. The zero-order chi connectivity index (χ0) is 20.5. The number of hydrogen-bond donors (Lipinski definition) is 3. The molecule has 10 heteroatoms. The molecule has 0 saturated carbocycles. The van der Waals surface area contributed by atoms with Crippen LogP contribution in [0.4, 0.5) is 5.69 Å². The number of benzene rings is 2. The Morgan fingerprint density at radius 3 is 2.21 bits per heavy atom. The van der Waals surface area contributed by atoms with Crippen molar-refractivity contribution < 1.29 is 19.1 Å². The summed E-state index contributed by atoms with van der Waals surface area (Å²) >= 11 is 17.6. The smallest absolute Gasteiger partial charge is 0.276 e. The standard InChI is InChI=1S/C18H16Cl3N3O4/c19-11-5-6-15(13(21)9-11)28-10-18(27)24-23-17(26)8-7-16(25)22-14-4-2-1-3-12(14)20/h1-6,9H,7-8,10H2,(H,22,25)(H,23,26)(H,24,27). The van der Waals surface area contributed by atoms with Gasteiger partial charge in [-0.2, -0.15) is 0 Å². The molecule has 0 aliphatic carbocycles. The van der Waals surface area contributed by atoms with Gasteiger partial charge in [0.15, 0.2) is 6.61 Å². The molecule has 0 aromatic heterocycles. The van der Waals surface area contributed by atoms with E-state index in [0.717, 1.165) is 0 Å². The lowest BCUT2D eigenvalue weighted by Gasteiger charge is -2.10. The Labute approximate surface area is 176 Å². The first kappa shape index (κ1) is 21.8. The maximum Gasteiger partial charge on any atom is 0.276 e. The molecule has 0 fully saturated rings. The van der Waals surface area contributed by atoms with Crippen LogP contribution in [0, 0.1) is 0 Å². The highest BCUT2D eigenvalue weighted by Crippen LogP contribution is 2.27. The number of para-hydroxylation sites is 1. The van der Waals surface area contributed by atoms with Crippen molar-refractivity contribution in [3.8, 4) is 5.75 Å². The van der Waals surface area contributed by atoms with E-state index in [1.165, 1.54) is 12.1 Å². The highest BCUT2D eigenvalue weighted by atomic mass is 35.5. The van der Waals surface area contributed by atoms with Crippen molar-refractivity contribution in [2.45, 2.75) is 12.8 Å². The Morgan fingerprint density at radius 1 is 0.821 bits per heavy atom. The van der Waals surface area contributed by atoms with Crippen LogP contribution in [0.3, 0.4) is 0 Å². The van der Waals surface area contributed by atoms with Gasteiger partial charge in [-0.25, -0.2) is 0 Å². The van der Waals surface area contributed by atoms with E-state index in [9.17, 15) is 14.4 Å². The number of ether oxygens (including phenoxy) is 1. The fraction of sp³-hybridized carbons (Fsp3) is 0.167. The molecule has 7 nitrogen and oxygen atoms in total. The molecular weight excluding hydrogens is 429 g/mol. The number of carbonyl (C=O) groups is 3. The number of nitrogens with one attached hydrogen (secondary N) is 3. The van der Waals surface area contributed by atoms with Crippen LogP contribution in [0.1, 0.15) is 12.8 Å². The highest BCUT2D eigenvalue weighted by molar-refractivity contribution is 6.35. The maximum atomic E-state index is 11.8. The van der Waals surface area contributed by atoms with Gasteiger partial charge >= 0.3 is 0 Å². The summed E-state index contributed by atoms with van der Waals surface area (Å²) in [4.78, 5) is 35.3. The third-order valence-electron chi connectivity index (χ3n) is 3.32. The molecule has 3 amide bonds. The van der Waals surface area contributed by atoms with Gasteiger partial charge < -0.3 is 10.1 Å². The second kappa shape index (κ2) is 10.8.